The number of fused-ring (bicyclic) bond motifs is 1. The lowest BCUT2D eigenvalue weighted by Gasteiger charge is -2.11. The Morgan fingerprint density at radius 2 is 1.95 bits per heavy atom. The molecule has 0 saturated carbocycles. The number of nitrogens with zero attached hydrogens (tertiary/aromatic N) is 1. The Labute approximate surface area is 144 Å². The van der Waals surface area contributed by atoms with Crippen LogP contribution < -0.4 is 5.32 Å². The van der Waals surface area contributed by atoms with E-state index in [1.165, 1.54) is 0 Å². The smallest absolute Gasteiger partial charge is 0.0763 e. The first-order valence-corrected chi connectivity index (χ1v) is 8.32. The molecule has 1 aromatic heterocycles. The molecule has 0 fully saturated rings. The molecule has 3 rings (SSSR count). The van der Waals surface area contributed by atoms with Gasteiger partial charge in [-0.1, -0.05) is 55.6 Å². The van der Waals surface area contributed by atoms with Gasteiger partial charge in [-0.15, -0.1) is 0 Å². The average molecular weight is 427 g/mol. The third-order valence-electron chi connectivity index (χ3n) is 3.20. The second-order valence-corrected chi connectivity index (χ2v) is 6.76. The van der Waals surface area contributed by atoms with E-state index in [9.17, 15) is 0 Å². The molecule has 0 aliphatic rings. The Balaban J connectivity index is 1.92. The first-order valence-electron chi connectivity index (χ1n) is 6.36. The van der Waals surface area contributed by atoms with Gasteiger partial charge in [-0.05, 0) is 35.9 Å². The number of nitrogens with one attached hydrogen (secondary N) is 1. The molecule has 0 bridgehead atoms. The van der Waals surface area contributed by atoms with Gasteiger partial charge in [0, 0.05) is 27.1 Å². The molecule has 0 atom stereocenters. The fraction of sp³-hybridized carbons (Fsp3) is 0.0625. The molecule has 3 aromatic rings. The van der Waals surface area contributed by atoms with Crippen molar-refractivity contribution < 1.29 is 0 Å². The number of anilines is 1. The summed E-state index contributed by atoms with van der Waals surface area (Å²) in [5, 5.41) is 5.17. The van der Waals surface area contributed by atoms with Crippen LogP contribution in [-0.2, 0) is 6.54 Å². The fourth-order valence-electron chi connectivity index (χ4n) is 2.16. The molecule has 0 amide bonds. The number of benzene rings is 2. The van der Waals surface area contributed by atoms with E-state index >= 15 is 0 Å². The van der Waals surface area contributed by atoms with Gasteiger partial charge >= 0.3 is 0 Å². The second-order valence-electron chi connectivity index (χ2n) is 4.58. The third kappa shape index (κ3) is 3.23. The van der Waals surface area contributed by atoms with Crippen molar-refractivity contribution in [2.75, 3.05) is 5.32 Å². The van der Waals surface area contributed by atoms with Crippen molar-refractivity contribution in [3.05, 3.63) is 68.2 Å². The van der Waals surface area contributed by atoms with Crippen molar-refractivity contribution in [2.24, 2.45) is 0 Å². The van der Waals surface area contributed by atoms with Gasteiger partial charge in [0.05, 0.1) is 16.2 Å². The van der Waals surface area contributed by atoms with E-state index < -0.39 is 0 Å². The Hall–Kier alpha value is -1.10. The number of hydrogen-bond donors (Lipinski definition) is 1. The van der Waals surface area contributed by atoms with Gasteiger partial charge in [-0.2, -0.15) is 0 Å². The number of halogens is 3. The van der Waals surface area contributed by atoms with Gasteiger partial charge in [0.1, 0.15) is 0 Å². The van der Waals surface area contributed by atoms with Crippen LogP contribution in [0.15, 0.2) is 57.6 Å². The minimum atomic E-state index is 0.664. The summed E-state index contributed by atoms with van der Waals surface area (Å²) in [5.74, 6) is 0. The molecule has 0 saturated heterocycles. The second kappa shape index (κ2) is 6.34. The van der Waals surface area contributed by atoms with Crippen LogP contribution in [0.25, 0.3) is 10.9 Å². The van der Waals surface area contributed by atoms with Crippen LogP contribution >= 0.6 is 43.5 Å². The van der Waals surface area contributed by atoms with E-state index in [-0.39, 0.29) is 0 Å². The van der Waals surface area contributed by atoms with Gasteiger partial charge in [0.15, 0.2) is 0 Å². The van der Waals surface area contributed by atoms with Crippen LogP contribution in [0.5, 0.6) is 0 Å². The summed E-state index contributed by atoms with van der Waals surface area (Å²) in [6.07, 6.45) is 1.81. The molecule has 21 heavy (non-hydrogen) atoms. The predicted octanol–water partition coefficient (Wildman–Crippen LogP) is 6.03. The van der Waals surface area contributed by atoms with E-state index in [0.717, 1.165) is 31.1 Å². The monoisotopic (exact) mass is 424 g/mol. The molecule has 1 N–H and O–H groups in total. The highest BCUT2D eigenvalue weighted by molar-refractivity contribution is 9.11. The number of pyridine rings is 1. The van der Waals surface area contributed by atoms with Crippen molar-refractivity contribution >= 4 is 60.1 Å². The van der Waals surface area contributed by atoms with Gasteiger partial charge in [0.25, 0.3) is 0 Å². The number of aromatic nitrogens is 1. The van der Waals surface area contributed by atoms with Crippen LogP contribution in [0, 0.1) is 0 Å². The van der Waals surface area contributed by atoms with E-state index in [0.29, 0.717) is 11.6 Å². The zero-order valence-electron chi connectivity index (χ0n) is 10.9. The lowest BCUT2D eigenvalue weighted by Crippen LogP contribution is -2.01. The summed E-state index contributed by atoms with van der Waals surface area (Å²) in [5.41, 5.74) is 3.02. The predicted molar refractivity (Wildman–Crippen MR) is 95.9 cm³/mol. The largest absolute Gasteiger partial charge is 0.380 e. The summed E-state index contributed by atoms with van der Waals surface area (Å²) in [7, 11) is 0. The Morgan fingerprint density at radius 1 is 1.10 bits per heavy atom. The highest BCUT2D eigenvalue weighted by Crippen LogP contribution is 2.28. The van der Waals surface area contributed by atoms with E-state index in [1.807, 2.05) is 36.5 Å². The molecular formula is C16H11Br2ClN2. The minimum absolute atomic E-state index is 0.664. The standard InChI is InChI=1S/C16H11Br2ClN2/c17-11-4-6-14(19)15(8-11)21-9-10-3-5-13(18)12-2-1-7-20-16(10)12/h1-8,21H,9H2. The van der Waals surface area contributed by atoms with E-state index in [1.54, 1.807) is 0 Å². The van der Waals surface area contributed by atoms with E-state index in [4.69, 9.17) is 11.6 Å². The van der Waals surface area contributed by atoms with Crippen LogP contribution in [0.4, 0.5) is 5.69 Å². The van der Waals surface area contributed by atoms with Crippen LogP contribution in [0.1, 0.15) is 5.56 Å². The first kappa shape index (κ1) is 14.8. The molecule has 0 radical (unpaired) electrons. The number of rotatable bonds is 3. The fourth-order valence-corrected chi connectivity index (χ4v) is 3.16. The zero-order chi connectivity index (χ0) is 14.8. The molecule has 0 aliphatic carbocycles. The van der Waals surface area contributed by atoms with Gasteiger partial charge in [-0.3, -0.25) is 4.98 Å². The molecule has 1 heterocycles. The Kier molecular flexibility index (Phi) is 4.48. The van der Waals surface area contributed by atoms with E-state index in [2.05, 4.69) is 54.3 Å². The summed E-state index contributed by atoms with van der Waals surface area (Å²) >= 11 is 13.2. The van der Waals surface area contributed by atoms with Crippen molar-refractivity contribution in [2.45, 2.75) is 6.54 Å². The highest BCUT2D eigenvalue weighted by Gasteiger charge is 2.06. The molecule has 106 valence electrons. The summed E-state index contributed by atoms with van der Waals surface area (Å²) in [4.78, 5) is 4.48. The molecule has 0 spiro atoms. The molecular weight excluding hydrogens is 415 g/mol. The van der Waals surface area contributed by atoms with Crippen molar-refractivity contribution in [1.29, 1.82) is 0 Å². The summed E-state index contributed by atoms with van der Waals surface area (Å²) < 4.78 is 2.04. The topological polar surface area (TPSA) is 24.9 Å². The van der Waals surface area contributed by atoms with Crippen molar-refractivity contribution in [3.63, 3.8) is 0 Å². The maximum absolute atomic E-state index is 6.20. The third-order valence-corrected chi connectivity index (χ3v) is 4.71. The molecule has 5 heteroatoms. The first-order chi connectivity index (χ1) is 10.1. The highest BCUT2D eigenvalue weighted by atomic mass is 79.9. The Bertz CT molecular complexity index is 805. The lowest BCUT2D eigenvalue weighted by molar-refractivity contribution is 1.15. The van der Waals surface area contributed by atoms with Gasteiger partial charge < -0.3 is 5.32 Å². The average Bonchev–Trinajstić information content (AvgIpc) is 2.50. The number of hydrogen-bond acceptors (Lipinski definition) is 2. The molecule has 2 nitrogen and oxygen atoms in total. The van der Waals surface area contributed by atoms with Crippen LogP contribution in [-0.4, -0.2) is 4.98 Å². The van der Waals surface area contributed by atoms with Crippen LogP contribution in [0.2, 0.25) is 5.02 Å². The molecule has 0 aliphatic heterocycles. The van der Waals surface area contributed by atoms with Gasteiger partial charge in [-0.25, -0.2) is 0 Å². The molecule has 0 unspecified atom stereocenters. The van der Waals surface area contributed by atoms with Crippen molar-refractivity contribution in [3.8, 4) is 0 Å². The summed E-state index contributed by atoms with van der Waals surface area (Å²) in [6, 6.07) is 13.9. The maximum atomic E-state index is 6.20. The summed E-state index contributed by atoms with van der Waals surface area (Å²) in [6.45, 7) is 0.664. The van der Waals surface area contributed by atoms with Crippen molar-refractivity contribution in [1.82, 2.24) is 4.98 Å². The zero-order valence-corrected chi connectivity index (χ0v) is 14.8. The minimum Gasteiger partial charge on any atom is -0.380 e. The SMILES string of the molecule is Clc1ccc(Br)cc1NCc1ccc(Br)c2cccnc12. The lowest BCUT2D eigenvalue weighted by atomic mass is 10.1. The van der Waals surface area contributed by atoms with Crippen LogP contribution in [0.3, 0.4) is 0 Å². The Morgan fingerprint density at radius 3 is 2.81 bits per heavy atom. The normalized spacial score (nSPS) is 10.8. The molecule has 2 aromatic carbocycles. The quantitative estimate of drug-likeness (QED) is 0.553. The maximum Gasteiger partial charge on any atom is 0.0763 e. The van der Waals surface area contributed by atoms with Gasteiger partial charge in [0.2, 0.25) is 0 Å².